The molecule has 0 amide bonds. The lowest BCUT2D eigenvalue weighted by molar-refractivity contribution is -0.341. The van der Waals surface area contributed by atoms with Gasteiger partial charge in [0.25, 0.3) is 8.32 Å². The smallest absolute Gasteiger partial charge is 0.261 e. The van der Waals surface area contributed by atoms with Crippen LogP contribution in [0.5, 0.6) is 0 Å². The third-order valence-electron chi connectivity index (χ3n) is 13.2. The highest BCUT2D eigenvalue weighted by atomic mass is 28.4. The van der Waals surface area contributed by atoms with E-state index in [1.54, 1.807) is 14.2 Å². The molecule has 0 unspecified atom stereocenters. The fourth-order valence-corrected chi connectivity index (χ4v) is 14.3. The SMILES string of the molecule is C=C[C@@H](C)[C@H]1OC(C)(C)O[C@@H](C[C@H](OC)[C@H]2O[C@]3(C[C@@H](O)[C@H](C)[C@H](CCO[Si](c4ccccc4)(c4ccccc4)C(C)(C)C)O3)C(C)(C)[C@H]2OCOCCOC)[C@@H]1C. The van der Waals surface area contributed by atoms with Crippen LogP contribution in [0.3, 0.4) is 0 Å². The molecule has 10 nitrogen and oxygen atoms in total. The molecule has 58 heavy (non-hydrogen) atoms. The van der Waals surface area contributed by atoms with Crippen LogP contribution in [0.4, 0.5) is 0 Å². The molecule has 2 aromatic carbocycles. The molecule has 326 valence electrons. The highest BCUT2D eigenvalue weighted by molar-refractivity contribution is 6.99. The van der Waals surface area contributed by atoms with Crippen molar-refractivity contribution in [2.45, 2.75) is 148 Å². The molecule has 3 heterocycles. The summed E-state index contributed by atoms with van der Waals surface area (Å²) in [6.45, 7) is 26.7. The van der Waals surface area contributed by atoms with E-state index >= 15 is 0 Å². The minimum Gasteiger partial charge on any atom is -0.407 e. The molecule has 5 rings (SSSR count). The molecule has 3 fully saturated rings. The highest BCUT2D eigenvalue weighted by Gasteiger charge is 2.67. The zero-order valence-electron chi connectivity index (χ0n) is 37.4. The molecule has 0 aromatic heterocycles. The molecular weight excluding hydrogens is 753 g/mol. The number of aliphatic hydroxyl groups excluding tert-OH is 1. The Morgan fingerprint density at radius 1 is 0.845 bits per heavy atom. The van der Waals surface area contributed by atoms with Crippen molar-refractivity contribution in [3.63, 3.8) is 0 Å². The topological polar surface area (TPSA) is 103 Å². The second kappa shape index (κ2) is 19.4. The Morgan fingerprint density at radius 3 is 2.02 bits per heavy atom. The Kier molecular flexibility index (Phi) is 15.7. The maximum Gasteiger partial charge on any atom is 0.261 e. The van der Waals surface area contributed by atoms with Crippen molar-refractivity contribution >= 4 is 18.7 Å². The van der Waals surface area contributed by atoms with Crippen molar-refractivity contribution in [3.8, 4) is 0 Å². The van der Waals surface area contributed by atoms with Gasteiger partial charge in [0.1, 0.15) is 12.9 Å². The standard InChI is InChI=1S/C47H74O10Si/c1-14-32(2)41-34(4)39(54-46(10,11)56-41)29-40(50-13)42-43(52-31-51-28-27-49-12)45(8,9)47(57-42)30-37(48)33(3)38(55-47)25-26-53-58(44(5,6)7,35-21-17-15-18-22-35)36-23-19-16-20-24-36/h14-24,32-34,37-43,48H,1,25-31H2,2-13H3/t32-,33+,34+,37-,38+,39+,40+,41-,42-,43+,47-/m1/s1. The number of benzene rings is 2. The molecule has 0 radical (unpaired) electrons. The van der Waals surface area contributed by atoms with Gasteiger partial charge in [-0.25, -0.2) is 0 Å². The summed E-state index contributed by atoms with van der Waals surface area (Å²) in [7, 11) is 0.558. The van der Waals surface area contributed by atoms with Gasteiger partial charge in [0.2, 0.25) is 0 Å². The fraction of sp³-hybridized carbons (Fsp3) is 0.702. The molecule has 0 aliphatic carbocycles. The fourth-order valence-electron chi connectivity index (χ4n) is 9.69. The normalized spacial score (nSPS) is 32.2. The average molecular weight is 827 g/mol. The maximum absolute atomic E-state index is 11.9. The van der Waals surface area contributed by atoms with Crippen molar-refractivity contribution in [3.05, 3.63) is 73.3 Å². The Bertz CT molecular complexity index is 1530. The van der Waals surface area contributed by atoms with Crippen LogP contribution < -0.4 is 10.4 Å². The van der Waals surface area contributed by atoms with Gasteiger partial charge in [0.15, 0.2) is 11.6 Å². The predicted molar refractivity (Wildman–Crippen MR) is 230 cm³/mol. The molecule has 2 aromatic rings. The summed E-state index contributed by atoms with van der Waals surface area (Å²) in [5, 5.41) is 14.2. The molecule has 3 aliphatic rings. The lowest BCUT2D eigenvalue weighted by Gasteiger charge is -2.50. The first-order chi connectivity index (χ1) is 27.4. The second-order valence-electron chi connectivity index (χ2n) is 18.9. The van der Waals surface area contributed by atoms with Gasteiger partial charge < -0.3 is 47.4 Å². The van der Waals surface area contributed by atoms with Crippen LogP contribution in [-0.2, 0) is 42.3 Å². The van der Waals surface area contributed by atoms with Crippen LogP contribution in [0.2, 0.25) is 5.04 Å². The van der Waals surface area contributed by atoms with E-state index in [1.165, 1.54) is 10.4 Å². The van der Waals surface area contributed by atoms with Crippen molar-refractivity contribution in [1.82, 2.24) is 0 Å². The van der Waals surface area contributed by atoms with E-state index < -0.39 is 49.7 Å². The van der Waals surface area contributed by atoms with Crippen LogP contribution in [0, 0.1) is 23.2 Å². The summed E-state index contributed by atoms with van der Waals surface area (Å²) in [5.41, 5.74) is -0.738. The summed E-state index contributed by atoms with van der Waals surface area (Å²) < 4.78 is 58.8. The first-order valence-electron chi connectivity index (χ1n) is 21.4. The van der Waals surface area contributed by atoms with Crippen LogP contribution in [0.15, 0.2) is 73.3 Å². The molecular formula is C47H74O10Si. The number of rotatable bonds is 18. The Balaban J connectivity index is 1.44. The maximum atomic E-state index is 11.9. The molecule has 3 aliphatic heterocycles. The second-order valence-corrected chi connectivity index (χ2v) is 23.2. The monoisotopic (exact) mass is 827 g/mol. The summed E-state index contributed by atoms with van der Waals surface area (Å²) in [4.78, 5) is 0. The minimum atomic E-state index is -2.79. The van der Waals surface area contributed by atoms with Gasteiger partial charge in [0.05, 0.1) is 49.8 Å². The van der Waals surface area contributed by atoms with E-state index in [9.17, 15) is 5.11 Å². The zero-order valence-corrected chi connectivity index (χ0v) is 38.4. The summed E-state index contributed by atoms with van der Waals surface area (Å²) in [6.07, 6.45) is 0.454. The first kappa shape index (κ1) is 47.1. The lowest BCUT2D eigenvalue weighted by atomic mass is 9.72. The molecule has 11 atom stereocenters. The van der Waals surface area contributed by atoms with Crippen LogP contribution in [-0.4, -0.2) is 109 Å². The Labute approximate surface area is 350 Å². The third kappa shape index (κ3) is 9.71. The van der Waals surface area contributed by atoms with Crippen LogP contribution in [0.25, 0.3) is 0 Å². The number of hydrogen-bond donors (Lipinski definition) is 1. The van der Waals surface area contributed by atoms with Gasteiger partial charge in [-0.05, 0) is 35.7 Å². The van der Waals surface area contributed by atoms with Crippen molar-refractivity contribution < 1.29 is 47.4 Å². The lowest BCUT2D eigenvalue weighted by Crippen LogP contribution is -2.66. The van der Waals surface area contributed by atoms with Gasteiger partial charge in [0, 0.05) is 56.8 Å². The van der Waals surface area contributed by atoms with Gasteiger partial charge in [-0.15, -0.1) is 6.58 Å². The molecule has 11 heteroatoms. The molecule has 1 N–H and O–H groups in total. The number of methoxy groups -OCH3 is 2. The largest absolute Gasteiger partial charge is 0.407 e. The van der Waals surface area contributed by atoms with Crippen molar-refractivity contribution in [2.75, 3.05) is 40.8 Å². The predicted octanol–water partition coefficient (Wildman–Crippen LogP) is 7.25. The summed E-state index contributed by atoms with van der Waals surface area (Å²) >= 11 is 0. The van der Waals surface area contributed by atoms with E-state index in [0.29, 0.717) is 32.7 Å². The Morgan fingerprint density at radius 2 is 1.47 bits per heavy atom. The highest BCUT2D eigenvalue weighted by Crippen LogP contribution is 2.56. The first-order valence-corrected chi connectivity index (χ1v) is 23.3. The number of aliphatic hydroxyl groups is 1. The van der Waals surface area contributed by atoms with E-state index in [-0.39, 0.29) is 54.3 Å². The van der Waals surface area contributed by atoms with Gasteiger partial charge in [-0.3, -0.25) is 0 Å². The van der Waals surface area contributed by atoms with Gasteiger partial charge in [-0.2, -0.15) is 0 Å². The van der Waals surface area contributed by atoms with Crippen LogP contribution >= 0.6 is 0 Å². The summed E-state index contributed by atoms with van der Waals surface area (Å²) in [5.74, 6) is -1.98. The quantitative estimate of drug-likeness (QED) is 0.0716. The minimum absolute atomic E-state index is 0.0364. The van der Waals surface area contributed by atoms with Gasteiger partial charge >= 0.3 is 0 Å². The van der Waals surface area contributed by atoms with E-state index in [0.717, 1.165) is 0 Å². The molecule has 0 saturated carbocycles. The molecule has 0 bridgehead atoms. The van der Waals surface area contributed by atoms with Crippen molar-refractivity contribution in [1.29, 1.82) is 0 Å². The van der Waals surface area contributed by atoms with Crippen molar-refractivity contribution in [2.24, 2.45) is 23.2 Å². The van der Waals surface area contributed by atoms with E-state index in [2.05, 4.69) is 123 Å². The zero-order chi connectivity index (χ0) is 42.5. The molecule has 3 saturated heterocycles. The van der Waals surface area contributed by atoms with Crippen LogP contribution in [0.1, 0.15) is 88.5 Å². The third-order valence-corrected chi connectivity index (χ3v) is 18.3. The molecule has 1 spiro atoms. The summed E-state index contributed by atoms with van der Waals surface area (Å²) in [6, 6.07) is 21.3. The average Bonchev–Trinajstić information content (AvgIpc) is 3.39. The van der Waals surface area contributed by atoms with E-state index in [4.69, 9.17) is 42.3 Å². The van der Waals surface area contributed by atoms with E-state index in [1.807, 2.05) is 19.9 Å². The number of ether oxygens (including phenoxy) is 8. The van der Waals surface area contributed by atoms with Gasteiger partial charge in [-0.1, -0.05) is 122 Å². The Hall–Kier alpha value is -2.00. The number of hydrogen-bond acceptors (Lipinski definition) is 10.